The Kier molecular flexibility index (Phi) is 4.01. The Morgan fingerprint density at radius 1 is 1.21 bits per heavy atom. The molecule has 0 atom stereocenters. The minimum absolute atomic E-state index is 0.0326. The normalized spacial score (nSPS) is 11.7. The summed E-state index contributed by atoms with van der Waals surface area (Å²) in [5.41, 5.74) is 0.996. The highest BCUT2D eigenvalue weighted by molar-refractivity contribution is 7.86. The van der Waals surface area contributed by atoms with Crippen LogP contribution in [0.2, 0.25) is 0 Å². The lowest BCUT2D eigenvalue weighted by Crippen LogP contribution is -2.09. The molecule has 2 rings (SSSR count). The SMILES string of the molecule is Cc1ccc(S(=O)(=O)OCCc2cnc(C)o2)cc1. The molecule has 1 aromatic carbocycles. The van der Waals surface area contributed by atoms with Crippen LogP contribution in [0.5, 0.6) is 0 Å². The van der Waals surface area contributed by atoms with Crippen molar-refractivity contribution in [2.24, 2.45) is 0 Å². The first kappa shape index (κ1) is 13.8. The zero-order valence-electron chi connectivity index (χ0n) is 10.8. The van der Waals surface area contributed by atoms with Crippen molar-refractivity contribution in [3.63, 3.8) is 0 Å². The first-order chi connectivity index (χ1) is 8.97. The summed E-state index contributed by atoms with van der Waals surface area (Å²) in [6, 6.07) is 6.53. The van der Waals surface area contributed by atoms with Crippen LogP contribution in [0.3, 0.4) is 0 Å². The van der Waals surface area contributed by atoms with Gasteiger partial charge in [-0.2, -0.15) is 8.42 Å². The fourth-order valence-electron chi connectivity index (χ4n) is 1.55. The van der Waals surface area contributed by atoms with E-state index in [4.69, 9.17) is 8.60 Å². The zero-order valence-corrected chi connectivity index (χ0v) is 11.6. The summed E-state index contributed by atoms with van der Waals surface area (Å²) in [4.78, 5) is 4.09. The molecule has 0 bridgehead atoms. The molecular formula is C13H15NO4S. The number of oxazole rings is 1. The van der Waals surface area contributed by atoms with Gasteiger partial charge in [-0.25, -0.2) is 4.98 Å². The molecule has 102 valence electrons. The van der Waals surface area contributed by atoms with E-state index in [0.717, 1.165) is 5.56 Å². The molecule has 1 aromatic heterocycles. The maximum Gasteiger partial charge on any atom is 0.296 e. The van der Waals surface area contributed by atoms with E-state index in [-0.39, 0.29) is 11.5 Å². The van der Waals surface area contributed by atoms with Crippen LogP contribution in [-0.4, -0.2) is 20.0 Å². The van der Waals surface area contributed by atoms with Crippen molar-refractivity contribution in [3.05, 3.63) is 47.7 Å². The van der Waals surface area contributed by atoms with Crippen LogP contribution < -0.4 is 0 Å². The fraction of sp³-hybridized carbons (Fsp3) is 0.308. The highest BCUT2D eigenvalue weighted by atomic mass is 32.2. The standard InChI is InChI=1S/C13H15NO4S/c1-10-3-5-13(6-4-10)19(15,16)17-8-7-12-9-14-11(2)18-12/h3-6,9H,7-8H2,1-2H3. The average molecular weight is 281 g/mol. The van der Waals surface area contributed by atoms with E-state index < -0.39 is 10.1 Å². The highest BCUT2D eigenvalue weighted by Gasteiger charge is 2.15. The molecule has 19 heavy (non-hydrogen) atoms. The maximum absolute atomic E-state index is 11.9. The minimum atomic E-state index is -3.70. The molecule has 0 fully saturated rings. The van der Waals surface area contributed by atoms with E-state index in [0.29, 0.717) is 18.1 Å². The molecule has 0 amide bonds. The van der Waals surface area contributed by atoms with Gasteiger partial charge < -0.3 is 4.42 Å². The molecular weight excluding hydrogens is 266 g/mol. The highest BCUT2D eigenvalue weighted by Crippen LogP contribution is 2.14. The van der Waals surface area contributed by atoms with Gasteiger partial charge in [0.25, 0.3) is 10.1 Å². The Hall–Kier alpha value is -1.66. The van der Waals surface area contributed by atoms with Crippen molar-refractivity contribution in [2.75, 3.05) is 6.61 Å². The summed E-state index contributed by atoms with van der Waals surface area (Å²) in [7, 11) is -3.70. The maximum atomic E-state index is 11.9. The lowest BCUT2D eigenvalue weighted by Gasteiger charge is -2.04. The van der Waals surface area contributed by atoms with E-state index in [9.17, 15) is 8.42 Å². The summed E-state index contributed by atoms with van der Waals surface area (Å²) in [6.45, 7) is 3.65. The number of hydrogen-bond donors (Lipinski definition) is 0. The van der Waals surface area contributed by atoms with Crippen molar-refractivity contribution in [1.29, 1.82) is 0 Å². The molecule has 0 unspecified atom stereocenters. The van der Waals surface area contributed by atoms with Crippen molar-refractivity contribution in [3.8, 4) is 0 Å². The number of hydrogen-bond acceptors (Lipinski definition) is 5. The zero-order chi connectivity index (χ0) is 13.9. The lowest BCUT2D eigenvalue weighted by atomic mass is 10.2. The third-order valence-corrected chi connectivity index (χ3v) is 3.89. The van der Waals surface area contributed by atoms with Crippen molar-refractivity contribution in [1.82, 2.24) is 4.98 Å². The molecule has 2 aromatic rings. The summed E-state index contributed by atoms with van der Waals surface area (Å²) in [6.07, 6.45) is 1.93. The largest absolute Gasteiger partial charge is 0.446 e. The Morgan fingerprint density at radius 2 is 1.89 bits per heavy atom. The molecule has 0 saturated heterocycles. The molecule has 5 nitrogen and oxygen atoms in total. The van der Waals surface area contributed by atoms with Crippen LogP contribution in [0.25, 0.3) is 0 Å². The number of rotatable bonds is 5. The van der Waals surface area contributed by atoms with Gasteiger partial charge in [0.15, 0.2) is 5.89 Å². The second-order valence-electron chi connectivity index (χ2n) is 4.18. The summed E-state index contributed by atoms with van der Waals surface area (Å²) in [5.74, 6) is 1.16. The number of aromatic nitrogens is 1. The Labute approximate surface area is 112 Å². The topological polar surface area (TPSA) is 69.4 Å². The molecule has 6 heteroatoms. The summed E-state index contributed by atoms with van der Waals surface area (Å²) < 4.78 is 33.9. The number of nitrogens with zero attached hydrogens (tertiary/aromatic N) is 1. The number of benzene rings is 1. The average Bonchev–Trinajstić information content (AvgIpc) is 2.75. The van der Waals surface area contributed by atoms with Gasteiger partial charge in [-0.1, -0.05) is 17.7 Å². The Morgan fingerprint density at radius 3 is 2.47 bits per heavy atom. The van der Waals surface area contributed by atoms with E-state index in [1.807, 2.05) is 6.92 Å². The number of aryl methyl sites for hydroxylation is 2. The molecule has 0 spiro atoms. The predicted octanol–water partition coefficient (Wildman–Crippen LogP) is 2.24. The molecule has 0 aliphatic carbocycles. The molecule has 0 radical (unpaired) electrons. The first-order valence-electron chi connectivity index (χ1n) is 5.85. The smallest absolute Gasteiger partial charge is 0.296 e. The van der Waals surface area contributed by atoms with Crippen LogP contribution in [0.15, 0.2) is 39.8 Å². The monoisotopic (exact) mass is 281 g/mol. The Bertz CT molecular complexity index is 644. The van der Waals surface area contributed by atoms with Crippen LogP contribution in [0.1, 0.15) is 17.2 Å². The molecule has 0 N–H and O–H groups in total. The third kappa shape index (κ3) is 3.65. The summed E-state index contributed by atoms with van der Waals surface area (Å²) >= 11 is 0. The molecule has 1 heterocycles. The van der Waals surface area contributed by atoms with Gasteiger partial charge in [0, 0.05) is 13.3 Å². The summed E-state index contributed by atoms with van der Waals surface area (Å²) in [5, 5.41) is 0. The van der Waals surface area contributed by atoms with Crippen LogP contribution in [0.4, 0.5) is 0 Å². The van der Waals surface area contributed by atoms with Crippen LogP contribution in [-0.2, 0) is 20.7 Å². The predicted molar refractivity (Wildman–Crippen MR) is 69.3 cm³/mol. The van der Waals surface area contributed by atoms with Gasteiger partial charge in [-0.05, 0) is 19.1 Å². The van der Waals surface area contributed by atoms with Gasteiger partial charge in [-0.15, -0.1) is 0 Å². The lowest BCUT2D eigenvalue weighted by molar-refractivity contribution is 0.309. The van der Waals surface area contributed by atoms with Gasteiger partial charge in [0.1, 0.15) is 5.76 Å². The second-order valence-corrected chi connectivity index (χ2v) is 5.80. The van der Waals surface area contributed by atoms with E-state index in [1.54, 1.807) is 25.3 Å². The van der Waals surface area contributed by atoms with Crippen molar-refractivity contribution < 1.29 is 17.0 Å². The Balaban J connectivity index is 1.96. The van der Waals surface area contributed by atoms with Gasteiger partial charge in [-0.3, -0.25) is 4.18 Å². The third-order valence-electron chi connectivity index (χ3n) is 2.57. The van der Waals surface area contributed by atoms with E-state index in [2.05, 4.69) is 4.98 Å². The van der Waals surface area contributed by atoms with Crippen molar-refractivity contribution >= 4 is 10.1 Å². The molecule has 0 aliphatic heterocycles. The van der Waals surface area contributed by atoms with Crippen LogP contribution in [0, 0.1) is 13.8 Å². The van der Waals surface area contributed by atoms with Gasteiger partial charge in [0.2, 0.25) is 0 Å². The van der Waals surface area contributed by atoms with E-state index >= 15 is 0 Å². The van der Waals surface area contributed by atoms with Gasteiger partial charge in [0.05, 0.1) is 17.7 Å². The van der Waals surface area contributed by atoms with E-state index in [1.165, 1.54) is 12.1 Å². The minimum Gasteiger partial charge on any atom is -0.446 e. The fourth-order valence-corrected chi connectivity index (χ4v) is 2.45. The first-order valence-corrected chi connectivity index (χ1v) is 7.25. The second kappa shape index (κ2) is 5.54. The van der Waals surface area contributed by atoms with Crippen molar-refractivity contribution in [2.45, 2.75) is 25.2 Å². The quantitative estimate of drug-likeness (QED) is 0.786. The van der Waals surface area contributed by atoms with Gasteiger partial charge >= 0.3 is 0 Å². The molecule has 0 aliphatic rings. The van der Waals surface area contributed by atoms with Crippen LogP contribution >= 0.6 is 0 Å². The molecule has 0 saturated carbocycles.